The van der Waals surface area contributed by atoms with E-state index < -0.39 is 0 Å². The van der Waals surface area contributed by atoms with Gasteiger partial charge in [-0.2, -0.15) is 0 Å². The zero-order valence-electron chi connectivity index (χ0n) is 14.9. The topological polar surface area (TPSA) is 70.2 Å². The Morgan fingerprint density at radius 3 is 2.69 bits per heavy atom. The molecule has 26 heavy (non-hydrogen) atoms. The van der Waals surface area contributed by atoms with Crippen LogP contribution < -0.4 is 16.0 Å². The predicted molar refractivity (Wildman–Crippen MR) is 110 cm³/mol. The van der Waals surface area contributed by atoms with Gasteiger partial charge in [0.2, 0.25) is 5.91 Å². The number of carbonyl (C=O) groups excluding carboxylic acids is 2. The second-order valence-corrected chi connectivity index (χ2v) is 6.70. The monoisotopic (exact) mass is 395 g/mol. The van der Waals surface area contributed by atoms with Crippen molar-refractivity contribution in [3.05, 3.63) is 52.2 Å². The second kappa shape index (κ2) is 12.5. The number of nitrogens with one attached hydrogen (secondary N) is 3. The van der Waals surface area contributed by atoms with Crippen LogP contribution in [-0.4, -0.2) is 31.4 Å². The highest BCUT2D eigenvalue weighted by Gasteiger charge is 2.08. The van der Waals surface area contributed by atoms with Crippen LogP contribution >= 0.6 is 23.7 Å². The number of halogens is 1. The fourth-order valence-electron chi connectivity index (χ4n) is 2.38. The molecule has 1 heterocycles. The highest BCUT2D eigenvalue weighted by Crippen LogP contribution is 2.14. The number of aryl methyl sites for hydroxylation is 1. The van der Waals surface area contributed by atoms with Crippen molar-refractivity contribution in [3.8, 4) is 0 Å². The van der Waals surface area contributed by atoms with Gasteiger partial charge in [-0.05, 0) is 49.0 Å². The Morgan fingerprint density at radius 2 is 1.96 bits per heavy atom. The molecule has 0 spiro atoms. The highest BCUT2D eigenvalue weighted by molar-refractivity contribution is 7.09. The van der Waals surface area contributed by atoms with Crippen molar-refractivity contribution in [2.45, 2.75) is 26.2 Å². The van der Waals surface area contributed by atoms with Gasteiger partial charge in [0.05, 0.1) is 0 Å². The third-order valence-corrected chi connectivity index (χ3v) is 4.59. The first-order chi connectivity index (χ1) is 12.2. The summed E-state index contributed by atoms with van der Waals surface area (Å²) in [5.74, 6) is -0.159. The van der Waals surface area contributed by atoms with Crippen molar-refractivity contribution in [2.75, 3.05) is 25.0 Å². The summed E-state index contributed by atoms with van der Waals surface area (Å²) in [6.07, 6.45) is 2.20. The van der Waals surface area contributed by atoms with Crippen molar-refractivity contribution in [3.63, 3.8) is 0 Å². The molecule has 0 bridgehead atoms. The van der Waals surface area contributed by atoms with Gasteiger partial charge < -0.3 is 16.0 Å². The number of benzene rings is 1. The van der Waals surface area contributed by atoms with Gasteiger partial charge in [-0.15, -0.1) is 23.7 Å². The molecule has 0 saturated heterocycles. The number of carbonyl (C=O) groups is 2. The van der Waals surface area contributed by atoms with E-state index in [9.17, 15) is 9.59 Å². The molecule has 5 nitrogen and oxygen atoms in total. The molecule has 2 amide bonds. The maximum absolute atomic E-state index is 12.1. The molecule has 0 aliphatic heterocycles. The van der Waals surface area contributed by atoms with Crippen LogP contribution in [0.15, 0.2) is 41.8 Å². The van der Waals surface area contributed by atoms with Crippen LogP contribution in [0.5, 0.6) is 0 Å². The average Bonchev–Trinajstić information content (AvgIpc) is 3.12. The van der Waals surface area contributed by atoms with Gasteiger partial charge in [0.15, 0.2) is 0 Å². The zero-order chi connectivity index (χ0) is 17.9. The normalized spacial score (nSPS) is 10.0. The Bertz CT molecular complexity index is 677. The minimum Gasteiger partial charge on any atom is -0.351 e. The molecule has 0 unspecified atom stereocenters. The summed E-state index contributed by atoms with van der Waals surface area (Å²) in [7, 11) is 0. The molecule has 0 aliphatic carbocycles. The number of hydrogen-bond acceptors (Lipinski definition) is 4. The largest absolute Gasteiger partial charge is 0.351 e. The van der Waals surface area contributed by atoms with E-state index >= 15 is 0 Å². The number of amides is 2. The van der Waals surface area contributed by atoms with Gasteiger partial charge >= 0.3 is 0 Å². The lowest BCUT2D eigenvalue weighted by Gasteiger charge is -2.08. The van der Waals surface area contributed by atoms with Gasteiger partial charge in [-0.1, -0.05) is 19.1 Å². The Kier molecular flexibility index (Phi) is 10.6. The molecule has 3 N–H and O–H groups in total. The van der Waals surface area contributed by atoms with E-state index in [4.69, 9.17) is 0 Å². The summed E-state index contributed by atoms with van der Waals surface area (Å²) in [5.41, 5.74) is 1.20. The minimum absolute atomic E-state index is 0. The van der Waals surface area contributed by atoms with E-state index in [0.717, 1.165) is 25.9 Å². The lowest BCUT2D eigenvalue weighted by atomic mass is 10.1. The van der Waals surface area contributed by atoms with E-state index in [1.54, 1.807) is 35.6 Å². The molecule has 2 aromatic rings. The van der Waals surface area contributed by atoms with Crippen LogP contribution in [0.1, 0.15) is 35.0 Å². The van der Waals surface area contributed by atoms with Crippen molar-refractivity contribution in [2.24, 2.45) is 0 Å². The first kappa shape index (κ1) is 22.2. The van der Waals surface area contributed by atoms with Crippen molar-refractivity contribution in [1.29, 1.82) is 0 Å². The molecular formula is C19H26ClN3O2S. The molecule has 1 aromatic heterocycles. The van der Waals surface area contributed by atoms with Gasteiger partial charge in [-0.25, -0.2) is 0 Å². The van der Waals surface area contributed by atoms with E-state index in [1.807, 2.05) is 18.4 Å². The van der Waals surface area contributed by atoms with Crippen LogP contribution in [0.2, 0.25) is 0 Å². The van der Waals surface area contributed by atoms with Crippen LogP contribution in [0, 0.1) is 0 Å². The smallest absolute Gasteiger partial charge is 0.251 e. The highest BCUT2D eigenvalue weighted by atomic mass is 35.5. The number of hydrogen-bond donors (Lipinski definition) is 3. The summed E-state index contributed by atoms with van der Waals surface area (Å²) in [6.45, 7) is 4.22. The number of thiophene rings is 1. The molecular weight excluding hydrogens is 370 g/mol. The fraction of sp³-hybridized carbons (Fsp3) is 0.368. The first-order valence-electron chi connectivity index (χ1n) is 8.60. The summed E-state index contributed by atoms with van der Waals surface area (Å²) in [6, 6.07) is 11.1. The molecule has 0 saturated carbocycles. The lowest BCUT2D eigenvalue weighted by Crippen LogP contribution is -2.31. The Morgan fingerprint density at radius 1 is 1.12 bits per heavy atom. The maximum Gasteiger partial charge on any atom is 0.251 e. The Hall–Kier alpha value is -1.89. The molecule has 0 aliphatic rings. The molecule has 0 fully saturated rings. The van der Waals surface area contributed by atoms with Crippen LogP contribution in [-0.2, 0) is 11.2 Å². The summed E-state index contributed by atoms with van der Waals surface area (Å²) in [4.78, 5) is 25.4. The number of anilines is 1. The second-order valence-electron chi connectivity index (χ2n) is 5.67. The van der Waals surface area contributed by atoms with E-state index in [-0.39, 0.29) is 24.2 Å². The summed E-state index contributed by atoms with van der Waals surface area (Å²) >= 11 is 1.71. The molecule has 7 heteroatoms. The quantitative estimate of drug-likeness (QED) is 0.539. The standard InChI is InChI=1S/C19H25N3O2S.ClH/c1-2-20-11-12-21-19(24)15-6-3-7-16(14-15)22-18(23)10-4-8-17-9-5-13-25-17;/h3,5-7,9,13-14,20H,2,4,8,10-12H2,1H3,(H,21,24)(H,22,23);1H. The van der Waals surface area contributed by atoms with E-state index in [1.165, 1.54) is 4.88 Å². The summed E-state index contributed by atoms with van der Waals surface area (Å²) in [5, 5.41) is 10.9. The molecule has 0 radical (unpaired) electrons. The third-order valence-electron chi connectivity index (χ3n) is 3.65. The van der Waals surface area contributed by atoms with Crippen molar-refractivity contribution < 1.29 is 9.59 Å². The average molecular weight is 396 g/mol. The predicted octanol–water partition coefficient (Wildman–Crippen LogP) is 3.47. The molecule has 0 atom stereocenters. The van der Waals surface area contributed by atoms with Crippen molar-refractivity contribution in [1.82, 2.24) is 10.6 Å². The van der Waals surface area contributed by atoms with Gasteiger partial charge in [0, 0.05) is 35.6 Å². The van der Waals surface area contributed by atoms with Crippen LogP contribution in [0.25, 0.3) is 0 Å². The maximum atomic E-state index is 12.1. The zero-order valence-corrected chi connectivity index (χ0v) is 16.6. The Balaban J connectivity index is 0.00000338. The van der Waals surface area contributed by atoms with E-state index in [2.05, 4.69) is 22.0 Å². The van der Waals surface area contributed by atoms with E-state index in [0.29, 0.717) is 24.2 Å². The minimum atomic E-state index is -0.133. The lowest BCUT2D eigenvalue weighted by molar-refractivity contribution is -0.116. The third kappa shape index (κ3) is 7.99. The van der Waals surface area contributed by atoms with Gasteiger partial charge in [0.25, 0.3) is 5.91 Å². The van der Waals surface area contributed by atoms with Crippen molar-refractivity contribution >= 4 is 41.2 Å². The van der Waals surface area contributed by atoms with Crippen LogP contribution in [0.4, 0.5) is 5.69 Å². The fourth-order valence-corrected chi connectivity index (χ4v) is 3.13. The van der Waals surface area contributed by atoms with Gasteiger partial charge in [0.1, 0.15) is 0 Å². The SMILES string of the molecule is CCNCCNC(=O)c1cccc(NC(=O)CCCc2cccs2)c1.Cl. The Labute approximate surface area is 165 Å². The first-order valence-corrected chi connectivity index (χ1v) is 9.48. The molecule has 2 rings (SSSR count). The van der Waals surface area contributed by atoms with Gasteiger partial charge in [-0.3, -0.25) is 9.59 Å². The summed E-state index contributed by atoms with van der Waals surface area (Å²) < 4.78 is 0. The molecule has 1 aromatic carbocycles. The number of likely N-dealkylation sites (N-methyl/N-ethyl adjacent to an activating group) is 1. The van der Waals surface area contributed by atoms with Crippen LogP contribution in [0.3, 0.4) is 0 Å². The number of rotatable bonds is 10. The molecule has 142 valence electrons.